The molecule has 0 aromatic heterocycles. The minimum absolute atomic E-state index is 0.166. The van der Waals surface area contributed by atoms with Crippen LogP contribution in [0.5, 0.6) is 0 Å². The molecule has 1 aliphatic heterocycles. The first kappa shape index (κ1) is 15.8. The van der Waals surface area contributed by atoms with Crippen LogP contribution in [-0.2, 0) is 4.79 Å². The molecular formula is C16H31N3O. The van der Waals surface area contributed by atoms with Crippen molar-refractivity contribution in [2.24, 2.45) is 5.92 Å². The lowest BCUT2D eigenvalue weighted by Crippen LogP contribution is -2.47. The van der Waals surface area contributed by atoms with Crippen LogP contribution in [-0.4, -0.2) is 37.1 Å². The molecule has 20 heavy (non-hydrogen) atoms. The van der Waals surface area contributed by atoms with Gasteiger partial charge >= 0.3 is 0 Å². The van der Waals surface area contributed by atoms with E-state index in [0.717, 1.165) is 12.5 Å². The summed E-state index contributed by atoms with van der Waals surface area (Å²) in [6, 6.07) is 1.55. The van der Waals surface area contributed by atoms with Crippen molar-refractivity contribution in [3.8, 4) is 0 Å². The maximum atomic E-state index is 11.7. The van der Waals surface area contributed by atoms with E-state index < -0.39 is 0 Å². The van der Waals surface area contributed by atoms with Crippen molar-refractivity contribution >= 4 is 5.91 Å². The fourth-order valence-electron chi connectivity index (χ4n) is 3.74. The molecule has 2 aliphatic rings. The van der Waals surface area contributed by atoms with Gasteiger partial charge in [-0.3, -0.25) is 4.79 Å². The number of carbonyl (C=O) groups excluding carboxylic acids is 1. The van der Waals surface area contributed by atoms with Gasteiger partial charge in [0.1, 0.15) is 0 Å². The lowest BCUT2D eigenvalue weighted by Gasteiger charge is -2.36. The third kappa shape index (κ3) is 4.74. The van der Waals surface area contributed by atoms with Gasteiger partial charge in [-0.15, -0.1) is 0 Å². The minimum Gasteiger partial charge on any atom is -0.354 e. The largest absolute Gasteiger partial charge is 0.354 e. The van der Waals surface area contributed by atoms with E-state index in [-0.39, 0.29) is 11.9 Å². The van der Waals surface area contributed by atoms with Crippen molar-refractivity contribution in [3.63, 3.8) is 0 Å². The van der Waals surface area contributed by atoms with Crippen molar-refractivity contribution in [2.75, 3.05) is 13.1 Å². The highest BCUT2D eigenvalue weighted by Crippen LogP contribution is 2.30. The van der Waals surface area contributed by atoms with E-state index in [0.29, 0.717) is 18.5 Å². The molecule has 1 aliphatic carbocycles. The third-order valence-electron chi connectivity index (χ3n) is 4.64. The van der Waals surface area contributed by atoms with Gasteiger partial charge in [-0.1, -0.05) is 12.8 Å². The maximum absolute atomic E-state index is 11.7. The summed E-state index contributed by atoms with van der Waals surface area (Å²) >= 11 is 0. The number of hydrogen-bond donors (Lipinski definition) is 3. The van der Waals surface area contributed by atoms with Crippen molar-refractivity contribution in [3.05, 3.63) is 0 Å². The van der Waals surface area contributed by atoms with E-state index >= 15 is 0 Å². The standard InChI is InChI=1S/C16H31N3O/c1-12(2)19-16(20)9-11-18-14-7-4-3-6-13(14)15-8-5-10-17-15/h12-15,17-18H,3-11H2,1-2H3,(H,19,20). The second-order valence-electron chi connectivity index (χ2n) is 6.68. The van der Waals surface area contributed by atoms with Crippen LogP contribution in [0.1, 0.15) is 58.8 Å². The molecule has 0 spiro atoms. The number of amides is 1. The summed E-state index contributed by atoms with van der Waals surface area (Å²) in [6.45, 7) is 6.01. The average Bonchev–Trinajstić information content (AvgIpc) is 2.92. The molecule has 0 radical (unpaired) electrons. The summed E-state index contributed by atoms with van der Waals surface area (Å²) in [5.74, 6) is 0.929. The van der Waals surface area contributed by atoms with Gasteiger partial charge in [0.2, 0.25) is 5.91 Å². The average molecular weight is 281 g/mol. The zero-order valence-electron chi connectivity index (χ0n) is 13.1. The van der Waals surface area contributed by atoms with Crippen LogP contribution in [0.3, 0.4) is 0 Å². The molecule has 1 saturated heterocycles. The van der Waals surface area contributed by atoms with Crippen LogP contribution < -0.4 is 16.0 Å². The predicted molar refractivity (Wildman–Crippen MR) is 82.7 cm³/mol. The Hall–Kier alpha value is -0.610. The topological polar surface area (TPSA) is 53.2 Å². The van der Waals surface area contributed by atoms with Crippen molar-refractivity contribution in [2.45, 2.75) is 76.9 Å². The highest BCUT2D eigenvalue weighted by molar-refractivity contribution is 5.76. The predicted octanol–water partition coefficient (Wildman–Crippen LogP) is 1.80. The Morgan fingerprint density at radius 3 is 2.70 bits per heavy atom. The molecule has 1 amide bonds. The lowest BCUT2D eigenvalue weighted by atomic mass is 9.79. The van der Waals surface area contributed by atoms with Crippen molar-refractivity contribution in [1.29, 1.82) is 0 Å². The highest BCUT2D eigenvalue weighted by atomic mass is 16.1. The van der Waals surface area contributed by atoms with Crippen molar-refractivity contribution in [1.82, 2.24) is 16.0 Å². The summed E-state index contributed by atoms with van der Waals surface area (Å²) in [5, 5.41) is 10.3. The molecule has 4 nitrogen and oxygen atoms in total. The number of nitrogens with one attached hydrogen (secondary N) is 3. The quantitative estimate of drug-likeness (QED) is 0.696. The molecule has 3 unspecified atom stereocenters. The summed E-state index contributed by atoms with van der Waals surface area (Å²) in [6.07, 6.45) is 8.57. The van der Waals surface area contributed by atoms with Gasteiger partial charge in [-0.05, 0) is 52.0 Å². The van der Waals surface area contributed by atoms with Gasteiger partial charge in [0.25, 0.3) is 0 Å². The number of rotatable bonds is 6. The molecule has 116 valence electrons. The Balaban J connectivity index is 1.73. The summed E-state index contributed by atoms with van der Waals surface area (Å²) in [7, 11) is 0. The molecule has 1 heterocycles. The van der Waals surface area contributed by atoms with E-state index in [1.54, 1.807) is 0 Å². The van der Waals surface area contributed by atoms with Crippen LogP contribution in [0.25, 0.3) is 0 Å². The second-order valence-corrected chi connectivity index (χ2v) is 6.68. The van der Waals surface area contributed by atoms with Crippen molar-refractivity contribution < 1.29 is 4.79 Å². The zero-order chi connectivity index (χ0) is 14.4. The van der Waals surface area contributed by atoms with E-state index in [1.165, 1.54) is 45.1 Å². The van der Waals surface area contributed by atoms with Gasteiger partial charge in [-0.2, -0.15) is 0 Å². The molecule has 3 N–H and O–H groups in total. The Labute approximate surface area is 123 Å². The van der Waals surface area contributed by atoms with E-state index in [9.17, 15) is 4.79 Å². The molecule has 2 fully saturated rings. The van der Waals surface area contributed by atoms with Crippen LogP contribution in [0.15, 0.2) is 0 Å². The first-order valence-electron chi connectivity index (χ1n) is 8.43. The van der Waals surface area contributed by atoms with E-state index in [4.69, 9.17) is 0 Å². The van der Waals surface area contributed by atoms with Gasteiger partial charge < -0.3 is 16.0 Å². The van der Waals surface area contributed by atoms with Crippen LogP contribution in [0, 0.1) is 5.92 Å². The fourth-order valence-corrected chi connectivity index (χ4v) is 3.74. The molecule has 3 atom stereocenters. The molecule has 0 aromatic carbocycles. The summed E-state index contributed by atoms with van der Waals surface area (Å²) in [4.78, 5) is 11.7. The van der Waals surface area contributed by atoms with Gasteiger partial charge in [0.05, 0.1) is 0 Å². The number of carbonyl (C=O) groups is 1. The highest BCUT2D eigenvalue weighted by Gasteiger charge is 2.32. The molecule has 1 saturated carbocycles. The summed E-state index contributed by atoms with van der Waals surface area (Å²) < 4.78 is 0. The molecule has 0 bridgehead atoms. The van der Waals surface area contributed by atoms with Crippen LogP contribution in [0.4, 0.5) is 0 Å². The van der Waals surface area contributed by atoms with Gasteiger partial charge in [0, 0.05) is 31.1 Å². The lowest BCUT2D eigenvalue weighted by molar-refractivity contribution is -0.121. The smallest absolute Gasteiger partial charge is 0.221 e. The Morgan fingerprint density at radius 1 is 1.20 bits per heavy atom. The fraction of sp³-hybridized carbons (Fsp3) is 0.938. The molecule has 4 heteroatoms. The van der Waals surface area contributed by atoms with E-state index in [2.05, 4.69) is 16.0 Å². The maximum Gasteiger partial charge on any atom is 0.221 e. The van der Waals surface area contributed by atoms with Crippen LogP contribution >= 0.6 is 0 Å². The Kier molecular flexibility index (Phi) is 6.30. The van der Waals surface area contributed by atoms with E-state index in [1.807, 2.05) is 13.8 Å². The summed E-state index contributed by atoms with van der Waals surface area (Å²) in [5.41, 5.74) is 0. The normalized spacial score (nSPS) is 30.6. The Bertz CT molecular complexity index is 300. The van der Waals surface area contributed by atoms with Gasteiger partial charge in [-0.25, -0.2) is 0 Å². The van der Waals surface area contributed by atoms with Crippen LogP contribution in [0.2, 0.25) is 0 Å². The number of hydrogen-bond acceptors (Lipinski definition) is 3. The SMILES string of the molecule is CC(C)NC(=O)CCNC1CCCCC1C1CCCN1. The first-order valence-corrected chi connectivity index (χ1v) is 8.43. The zero-order valence-corrected chi connectivity index (χ0v) is 13.1. The molecular weight excluding hydrogens is 250 g/mol. The molecule has 2 rings (SSSR count). The third-order valence-corrected chi connectivity index (χ3v) is 4.64. The monoisotopic (exact) mass is 281 g/mol. The second kappa shape index (κ2) is 7.99. The first-order chi connectivity index (χ1) is 9.66. The molecule has 0 aromatic rings. The van der Waals surface area contributed by atoms with Gasteiger partial charge in [0.15, 0.2) is 0 Å². The Morgan fingerprint density at radius 2 is 2.00 bits per heavy atom. The minimum atomic E-state index is 0.166.